The first-order valence-corrected chi connectivity index (χ1v) is 6.86. The fraction of sp³-hybridized carbons (Fsp3) is 0.929. The average Bonchev–Trinajstić information content (AvgIpc) is 2.41. The van der Waals surface area contributed by atoms with Crippen molar-refractivity contribution in [2.75, 3.05) is 20.8 Å². The minimum atomic E-state index is -0.494. The van der Waals surface area contributed by atoms with Crippen molar-refractivity contribution in [1.29, 1.82) is 0 Å². The Labute approximate surface area is 116 Å². The standard InChI is InChI=1S/C14H29NO4/c1-7-11(9-12(17)10-16)15(5)13(18-6)19-14(3,4)8-2/h11,13,16H,7-10H2,1-6H3. The number of nitrogens with zero attached hydrogens (tertiary/aromatic N) is 1. The minimum absolute atomic E-state index is 0.00254. The number of aliphatic hydroxyl groups excluding tert-OH is 1. The lowest BCUT2D eigenvalue weighted by Gasteiger charge is -2.37. The third-order valence-corrected chi connectivity index (χ3v) is 3.49. The summed E-state index contributed by atoms with van der Waals surface area (Å²) >= 11 is 0. The van der Waals surface area contributed by atoms with E-state index >= 15 is 0 Å². The summed E-state index contributed by atoms with van der Waals surface area (Å²) in [6.07, 6.45) is 1.47. The van der Waals surface area contributed by atoms with Gasteiger partial charge in [-0.15, -0.1) is 0 Å². The molecule has 0 bridgehead atoms. The van der Waals surface area contributed by atoms with E-state index in [-0.39, 0.29) is 17.4 Å². The molecule has 0 aromatic heterocycles. The Morgan fingerprint density at radius 2 is 1.95 bits per heavy atom. The fourth-order valence-corrected chi connectivity index (χ4v) is 1.73. The zero-order valence-corrected chi connectivity index (χ0v) is 13.1. The van der Waals surface area contributed by atoms with Crippen LogP contribution in [0.15, 0.2) is 0 Å². The predicted octanol–water partition coefficient (Wildman–Crippen LogP) is 1.78. The van der Waals surface area contributed by atoms with Crippen molar-refractivity contribution in [3.63, 3.8) is 0 Å². The van der Waals surface area contributed by atoms with Crippen LogP contribution in [0.3, 0.4) is 0 Å². The molecule has 19 heavy (non-hydrogen) atoms. The molecule has 0 aromatic carbocycles. The number of hydrogen-bond acceptors (Lipinski definition) is 5. The number of carbonyl (C=O) groups is 1. The lowest BCUT2D eigenvalue weighted by atomic mass is 10.1. The number of aliphatic hydroxyl groups is 1. The van der Waals surface area contributed by atoms with Crippen molar-refractivity contribution < 1.29 is 19.4 Å². The van der Waals surface area contributed by atoms with E-state index in [2.05, 4.69) is 6.92 Å². The molecule has 0 heterocycles. The highest BCUT2D eigenvalue weighted by Crippen LogP contribution is 2.21. The topological polar surface area (TPSA) is 59.0 Å². The van der Waals surface area contributed by atoms with Crippen LogP contribution in [0.2, 0.25) is 0 Å². The number of ether oxygens (including phenoxy) is 2. The van der Waals surface area contributed by atoms with Gasteiger partial charge in [0.25, 0.3) is 0 Å². The van der Waals surface area contributed by atoms with Crippen molar-refractivity contribution in [3.05, 3.63) is 0 Å². The quantitative estimate of drug-likeness (QED) is 0.616. The van der Waals surface area contributed by atoms with Crippen LogP contribution in [0.25, 0.3) is 0 Å². The zero-order valence-electron chi connectivity index (χ0n) is 13.1. The van der Waals surface area contributed by atoms with Gasteiger partial charge in [0.05, 0.1) is 5.60 Å². The molecule has 1 N–H and O–H groups in total. The first-order valence-electron chi connectivity index (χ1n) is 6.86. The van der Waals surface area contributed by atoms with Gasteiger partial charge in [-0.1, -0.05) is 13.8 Å². The highest BCUT2D eigenvalue weighted by atomic mass is 16.7. The third kappa shape index (κ3) is 6.47. The maximum absolute atomic E-state index is 11.4. The molecule has 5 heteroatoms. The van der Waals surface area contributed by atoms with Gasteiger partial charge in [0.1, 0.15) is 6.61 Å². The molecule has 0 radical (unpaired) electrons. The number of methoxy groups -OCH3 is 1. The Morgan fingerprint density at radius 3 is 2.32 bits per heavy atom. The van der Waals surface area contributed by atoms with Crippen LogP contribution >= 0.6 is 0 Å². The maximum Gasteiger partial charge on any atom is 0.218 e. The smallest absolute Gasteiger partial charge is 0.218 e. The van der Waals surface area contributed by atoms with E-state index in [0.717, 1.165) is 12.8 Å². The summed E-state index contributed by atoms with van der Waals surface area (Å²) < 4.78 is 11.3. The molecule has 0 spiro atoms. The van der Waals surface area contributed by atoms with E-state index in [9.17, 15) is 4.79 Å². The first kappa shape index (κ1) is 18.5. The van der Waals surface area contributed by atoms with Crippen molar-refractivity contribution in [2.45, 2.75) is 65.0 Å². The predicted molar refractivity (Wildman–Crippen MR) is 74.8 cm³/mol. The van der Waals surface area contributed by atoms with Crippen LogP contribution in [0.1, 0.15) is 47.0 Å². The van der Waals surface area contributed by atoms with Gasteiger partial charge >= 0.3 is 0 Å². The molecule has 0 saturated carbocycles. The molecule has 0 fully saturated rings. The molecule has 0 aliphatic carbocycles. The van der Waals surface area contributed by atoms with E-state index < -0.39 is 13.0 Å². The second kappa shape index (κ2) is 8.64. The highest BCUT2D eigenvalue weighted by molar-refractivity contribution is 5.79. The Morgan fingerprint density at radius 1 is 1.37 bits per heavy atom. The molecule has 114 valence electrons. The van der Waals surface area contributed by atoms with Gasteiger partial charge in [0, 0.05) is 19.6 Å². The lowest BCUT2D eigenvalue weighted by Crippen LogP contribution is -2.47. The normalized spacial score (nSPS) is 15.6. The maximum atomic E-state index is 11.4. The second-order valence-electron chi connectivity index (χ2n) is 5.40. The summed E-state index contributed by atoms with van der Waals surface area (Å²) in [5, 5.41) is 8.85. The lowest BCUT2D eigenvalue weighted by molar-refractivity contribution is -0.260. The number of ketones is 1. The third-order valence-electron chi connectivity index (χ3n) is 3.49. The van der Waals surface area contributed by atoms with Crippen molar-refractivity contribution in [3.8, 4) is 0 Å². The number of hydrogen-bond donors (Lipinski definition) is 1. The first-order chi connectivity index (χ1) is 8.81. The molecule has 0 aliphatic heterocycles. The summed E-state index contributed by atoms with van der Waals surface area (Å²) in [6.45, 7) is 7.66. The van der Waals surface area contributed by atoms with Crippen LogP contribution in [-0.4, -0.2) is 54.6 Å². The highest BCUT2D eigenvalue weighted by Gasteiger charge is 2.29. The molecule has 0 rings (SSSR count). The molecular weight excluding hydrogens is 246 g/mol. The molecule has 0 aromatic rings. The van der Waals surface area contributed by atoms with Gasteiger partial charge < -0.3 is 14.6 Å². The summed E-state index contributed by atoms with van der Waals surface area (Å²) in [4.78, 5) is 13.3. The van der Waals surface area contributed by atoms with E-state index in [0.29, 0.717) is 6.42 Å². The number of carbonyl (C=O) groups excluding carboxylic acids is 1. The van der Waals surface area contributed by atoms with E-state index in [4.69, 9.17) is 14.6 Å². The minimum Gasteiger partial charge on any atom is -0.389 e. The molecule has 2 atom stereocenters. The molecule has 0 amide bonds. The van der Waals surface area contributed by atoms with Gasteiger partial charge in [-0.3, -0.25) is 9.69 Å². The fourth-order valence-electron chi connectivity index (χ4n) is 1.73. The van der Waals surface area contributed by atoms with Gasteiger partial charge in [0.15, 0.2) is 5.78 Å². The largest absolute Gasteiger partial charge is 0.389 e. The molecule has 0 saturated heterocycles. The Balaban J connectivity index is 4.69. The molecule has 5 nitrogen and oxygen atoms in total. The van der Waals surface area contributed by atoms with Gasteiger partial charge in [-0.2, -0.15) is 0 Å². The van der Waals surface area contributed by atoms with Crippen LogP contribution in [0.5, 0.6) is 0 Å². The summed E-state index contributed by atoms with van der Waals surface area (Å²) in [6, 6.07) is -0.00254. The van der Waals surface area contributed by atoms with Crippen LogP contribution in [0.4, 0.5) is 0 Å². The van der Waals surface area contributed by atoms with Gasteiger partial charge in [0.2, 0.25) is 6.41 Å². The summed E-state index contributed by atoms with van der Waals surface area (Å²) in [7, 11) is 3.46. The second-order valence-corrected chi connectivity index (χ2v) is 5.40. The SMILES string of the molecule is CCC(CC(=O)CO)N(C)C(OC)OC(C)(C)CC. The molecule has 2 unspecified atom stereocenters. The number of rotatable bonds is 10. The number of Topliss-reactive ketones (excluding diaryl/α,β-unsaturated/α-hetero) is 1. The van der Waals surface area contributed by atoms with Gasteiger partial charge in [-0.25, -0.2) is 0 Å². The van der Waals surface area contributed by atoms with Crippen molar-refractivity contribution >= 4 is 5.78 Å². The van der Waals surface area contributed by atoms with Crippen LogP contribution < -0.4 is 0 Å². The molecule has 0 aliphatic rings. The zero-order chi connectivity index (χ0) is 15.1. The van der Waals surface area contributed by atoms with Crippen LogP contribution in [-0.2, 0) is 14.3 Å². The Bertz CT molecular complexity index is 268. The van der Waals surface area contributed by atoms with Crippen LogP contribution in [0, 0.1) is 0 Å². The summed E-state index contributed by atoms with van der Waals surface area (Å²) in [5.74, 6) is -0.164. The van der Waals surface area contributed by atoms with Crippen molar-refractivity contribution in [1.82, 2.24) is 4.90 Å². The van der Waals surface area contributed by atoms with E-state index in [1.165, 1.54) is 0 Å². The monoisotopic (exact) mass is 275 g/mol. The average molecular weight is 275 g/mol. The van der Waals surface area contributed by atoms with E-state index in [1.54, 1.807) is 7.11 Å². The Kier molecular flexibility index (Phi) is 8.41. The van der Waals surface area contributed by atoms with E-state index in [1.807, 2.05) is 32.7 Å². The van der Waals surface area contributed by atoms with Crippen molar-refractivity contribution in [2.24, 2.45) is 0 Å². The van der Waals surface area contributed by atoms with Gasteiger partial charge in [-0.05, 0) is 33.7 Å². The Hall–Kier alpha value is -0.490. The molecular formula is C14H29NO4. The summed E-state index contributed by atoms with van der Waals surface area (Å²) in [5.41, 5.74) is -0.284.